The van der Waals surface area contributed by atoms with Crippen molar-refractivity contribution in [3.05, 3.63) is 169 Å². The van der Waals surface area contributed by atoms with Gasteiger partial charge in [0.2, 0.25) is 5.43 Å². The number of carboxylic acids is 1. The Balaban J connectivity index is 0.839. The molecule has 3 aliphatic rings. The number of rotatable bonds is 14. The summed E-state index contributed by atoms with van der Waals surface area (Å²) in [5.74, 6) is -5.46. The van der Waals surface area contributed by atoms with E-state index in [0.717, 1.165) is 58.8 Å². The summed E-state index contributed by atoms with van der Waals surface area (Å²) in [6, 6.07) is 29.7. The molecule has 5 aromatic rings. The van der Waals surface area contributed by atoms with Crippen LogP contribution < -0.4 is 26.7 Å². The number of benzene rings is 6. The smallest absolute Gasteiger partial charge is 0.336 e. The zero-order valence-corrected chi connectivity index (χ0v) is 35.3. The van der Waals surface area contributed by atoms with Crippen LogP contribution in [0.25, 0.3) is 44.7 Å². The van der Waals surface area contributed by atoms with Crippen molar-refractivity contribution in [2.75, 3.05) is 23.7 Å². The zero-order valence-electron chi connectivity index (χ0n) is 33.7. The number of amides is 3. The quantitative estimate of drug-likeness (QED) is 0.0351. The first-order chi connectivity index (χ1) is 30.9. The Bertz CT molecular complexity index is 3060. The van der Waals surface area contributed by atoms with E-state index >= 15 is 0 Å². The number of phenols is 1. The zero-order chi connectivity index (χ0) is 45.1. The van der Waals surface area contributed by atoms with Gasteiger partial charge in [-0.1, -0.05) is 71.2 Å². The van der Waals surface area contributed by atoms with Crippen molar-refractivity contribution in [1.29, 1.82) is 0 Å². The van der Waals surface area contributed by atoms with Crippen molar-refractivity contribution >= 4 is 73.2 Å². The summed E-state index contributed by atoms with van der Waals surface area (Å²) >= 11 is 3.46. The monoisotopic (exact) mass is 926 g/mol. The third-order valence-corrected chi connectivity index (χ3v) is 11.2. The largest absolute Gasteiger partial charge is 0.505 e. The molecule has 3 amide bonds. The highest BCUT2D eigenvalue weighted by atomic mass is 79.9. The fourth-order valence-electron chi connectivity index (χ4n) is 7.61. The normalized spacial score (nSPS) is 12.8. The molecular formula is C49H37BrF2N4O8. The molecule has 322 valence electrons. The standard InChI is InChI=1S/C49H37BrF2N4O8/c50-29-13-17-32-38(21-29)56-48(61)44(32)45(26-8-4-3-5-9-26)55-30-14-10-27(11-15-30)46(59)53-18-6-1-2-7-19-54-47(60)28-12-16-31(33(20-28)49(62)63)43-34-22-36(51)39(57)24-41(34)64-42-25-40(58)37(52)23-35(42)43/h3-5,8-17,20-25,55,57H,1-2,6-7,18-19H2,(H,53,59)(H,54,60)(H,56,61)(H,62,63)/b45-44-. The topological polar surface area (TPSA) is 187 Å². The van der Waals surface area contributed by atoms with E-state index in [1.807, 2.05) is 48.5 Å². The third-order valence-electron chi connectivity index (χ3n) is 10.8. The van der Waals surface area contributed by atoms with Gasteiger partial charge in [0, 0.05) is 68.6 Å². The number of fused-ring (bicyclic) bond motifs is 3. The number of halogens is 3. The lowest BCUT2D eigenvalue weighted by atomic mass is 9.89. The van der Waals surface area contributed by atoms with Crippen LogP contribution in [0, 0.1) is 11.6 Å². The second-order valence-corrected chi connectivity index (χ2v) is 15.9. The molecule has 6 N–H and O–H groups in total. The van der Waals surface area contributed by atoms with Crippen LogP contribution in [0.1, 0.15) is 67.9 Å². The van der Waals surface area contributed by atoms with Crippen molar-refractivity contribution in [2.24, 2.45) is 0 Å². The number of aromatic carboxylic acids is 1. The average molecular weight is 928 g/mol. The molecule has 0 bridgehead atoms. The molecule has 2 heterocycles. The molecule has 15 heteroatoms. The van der Waals surface area contributed by atoms with E-state index in [4.69, 9.17) is 4.42 Å². The Morgan fingerprint density at radius 3 is 2.06 bits per heavy atom. The molecule has 12 nitrogen and oxygen atoms in total. The molecular weight excluding hydrogens is 890 g/mol. The second-order valence-electron chi connectivity index (χ2n) is 15.0. The van der Waals surface area contributed by atoms with Gasteiger partial charge >= 0.3 is 5.97 Å². The number of unbranched alkanes of at least 4 members (excludes halogenated alkanes) is 3. The van der Waals surface area contributed by atoms with Gasteiger partial charge < -0.3 is 35.9 Å². The van der Waals surface area contributed by atoms with Crippen molar-refractivity contribution in [3.8, 4) is 28.2 Å². The Hall–Kier alpha value is -7.65. The summed E-state index contributed by atoms with van der Waals surface area (Å²) < 4.78 is 35.6. The number of phenolic OH excluding ortho intramolecular Hbond substituents is 1. The maximum absolute atomic E-state index is 14.6. The molecule has 2 aliphatic heterocycles. The van der Waals surface area contributed by atoms with Crippen molar-refractivity contribution < 1.29 is 42.6 Å². The van der Waals surface area contributed by atoms with E-state index in [9.17, 15) is 43.0 Å². The molecule has 1 aliphatic carbocycles. The third kappa shape index (κ3) is 8.97. The molecule has 0 saturated heterocycles. The number of anilines is 2. The van der Waals surface area contributed by atoms with Gasteiger partial charge in [-0.05, 0) is 84.6 Å². The molecule has 0 spiro atoms. The molecule has 0 atom stereocenters. The lowest BCUT2D eigenvalue weighted by Crippen LogP contribution is -2.25. The molecule has 64 heavy (non-hydrogen) atoms. The van der Waals surface area contributed by atoms with Crippen molar-refractivity contribution in [3.63, 3.8) is 0 Å². The van der Waals surface area contributed by atoms with Crippen LogP contribution in [0.3, 0.4) is 0 Å². The highest BCUT2D eigenvalue weighted by Gasteiger charge is 2.29. The minimum atomic E-state index is -1.42. The van der Waals surface area contributed by atoms with E-state index in [-0.39, 0.29) is 56.4 Å². The van der Waals surface area contributed by atoms with Crippen LogP contribution in [0.2, 0.25) is 0 Å². The fourth-order valence-corrected chi connectivity index (χ4v) is 7.97. The average Bonchev–Trinajstić information content (AvgIpc) is 3.61. The van der Waals surface area contributed by atoms with E-state index < -0.39 is 34.7 Å². The molecule has 5 aromatic carbocycles. The van der Waals surface area contributed by atoms with Gasteiger partial charge in [-0.15, -0.1) is 0 Å². The summed E-state index contributed by atoms with van der Waals surface area (Å²) in [5, 5.41) is 32.2. The van der Waals surface area contributed by atoms with E-state index in [2.05, 4.69) is 37.2 Å². The maximum Gasteiger partial charge on any atom is 0.336 e. The maximum atomic E-state index is 14.6. The lowest BCUT2D eigenvalue weighted by molar-refractivity contribution is -0.110. The van der Waals surface area contributed by atoms with E-state index in [1.54, 1.807) is 24.3 Å². The number of carbonyl (C=O) groups excluding carboxylic acids is 3. The Kier molecular flexibility index (Phi) is 12.3. The van der Waals surface area contributed by atoms with Crippen LogP contribution in [0.15, 0.2) is 129 Å². The van der Waals surface area contributed by atoms with Gasteiger partial charge in [0.15, 0.2) is 17.4 Å². The first-order valence-corrected chi connectivity index (χ1v) is 21.0. The van der Waals surface area contributed by atoms with E-state index in [0.29, 0.717) is 54.1 Å². The number of carboxylic acid groups (broad SMARTS) is 1. The van der Waals surface area contributed by atoms with Crippen LogP contribution in [-0.2, 0) is 4.79 Å². The summed E-state index contributed by atoms with van der Waals surface area (Å²) in [5.41, 5.74) is 3.25. The molecule has 0 aromatic heterocycles. The van der Waals surface area contributed by atoms with Gasteiger partial charge in [-0.2, -0.15) is 0 Å². The van der Waals surface area contributed by atoms with Crippen LogP contribution >= 0.6 is 15.9 Å². The Morgan fingerprint density at radius 1 is 0.688 bits per heavy atom. The first-order valence-electron chi connectivity index (χ1n) is 20.2. The Morgan fingerprint density at radius 2 is 1.36 bits per heavy atom. The summed E-state index contributed by atoms with van der Waals surface area (Å²) in [4.78, 5) is 63.9. The highest BCUT2D eigenvalue weighted by Crippen LogP contribution is 2.43. The lowest BCUT2D eigenvalue weighted by Gasteiger charge is -2.17. The van der Waals surface area contributed by atoms with Gasteiger partial charge in [0.05, 0.1) is 22.5 Å². The number of hydrogen-bond acceptors (Lipinski definition) is 8. The number of carbonyl (C=O) groups is 4. The second kappa shape index (κ2) is 18.4. The fraction of sp³-hybridized carbons (Fsp3) is 0.122. The molecule has 0 unspecified atom stereocenters. The predicted molar refractivity (Wildman–Crippen MR) is 242 cm³/mol. The molecule has 0 fully saturated rings. The van der Waals surface area contributed by atoms with Gasteiger partial charge in [-0.3, -0.25) is 19.2 Å². The minimum Gasteiger partial charge on any atom is -0.505 e. The van der Waals surface area contributed by atoms with Crippen molar-refractivity contribution in [2.45, 2.75) is 25.7 Å². The number of hydrogen-bond donors (Lipinski definition) is 6. The minimum absolute atomic E-state index is 0.00115. The highest BCUT2D eigenvalue weighted by molar-refractivity contribution is 9.10. The van der Waals surface area contributed by atoms with E-state index in [1.165, 1.54) is 12.1 Å². The number of nitrogens with one attached hydrogen (secondary N) is 4. The molecule has 0 saturated carbocycles. The van der Waals surface area contributed by atoms with Gasteiger partial charge in [0.25, 0.3) is 17.7 Å². The Labute approximate surface area is 372 Å². The summed E-state index contributed by atoms with van der Waals surface area (Å²) in [6.45, 7) is 0.728. The SMILES string of the molecule is O=C1Nc2cc(Br)ccc2/C1=C(/Nc1ccc(C(=O)NCCCCCCNC(=O)c2ccc(-c3c4cc(F)c(=O)cc-4oc4cc(O)c(F)cc34)c(C(=O)O)c2)cc1)c1ccccc1. The number of aromatic hydroxyl groups is 1. The van der Waals surface area contributed by atoms with Gasteiger partial charge in [-0.25, -0.2) is 13.6 Å². The van der Waals surface area contributed by atoms with Crippen LogP contribution in [0.4, 0.5) is 20.2 Å². The molecule has 8 rings (SSSR count). The summed E-state index contributed by atoms with van der Waals surface area (Å²) in [6.07, 6.45) is 2.80. The van der Waals surface area contributed by atoms with Crippen molar-refractivity contribution in [1.82, 2.24) is 10.6 Å². The van der Waals surface area contributed by atoms with Crippen LogP contribution in [-0.4, -0.2) is 47.0 Å². The van der Waals surface area contributed by atoms with Crippen LogP contribution in [0.5, 0.6) is 5.75 Å². The summed E-state index contributed by atoms with van der Waals surface area (Å²) in [7, 11) is 0. The first kappa shape index (κ1) is 43.0. The van der Waals surface area contributed by atoms with Gasteiger partial charge in [0.1, 0.15) is 11.3 Å². The molecule has 0 radical (unpaired) electrons. The predicted octanol–water partition coefficient (Wildman–Crippen LogP) is 9.66.